The Morgan fingerprint density at radius 2 is 1.56 bits per heavy atom. The van der Waals surface area contributed by atoms with Crippen molar-refractivity contribution in [3.05, 3.63) is 142 Å². The van der Waals surface area contributed by atoms with Crippen LogP contribution in [0.5, 0.6) is 0 Å². The molecular weight excluding hydrogens is 1080 g/mol. The van der Waals surface area contributed by atoms with Crippen LogP contribution in [-0.4, -0.2) is 126 Å². The maximum absolute atomic E-state index is 15.0. The van der Waals surface area contributed by atoms with Crippen LogP contribution >= 0.6 is 7.60 Å². The molecule has 1 aromatic heterocycles. The Hall–Kier alpha value is -8.58. The predicted molar refractivity (Wildman–Crippen MR) is 291 cm³/mol. The Bertz CT molecular complexity index is 3420. The van der Waals surface area contributed by atoms with Crippen LogP contribution in [0.2, 0.25) is 0 Å². The minimum atomic E-state index is -5.94. The first-order chi connectivity index (χ1) is 39.2. The molecule has 24 heteroatoms. The molecule has 21 nitrogen and oxygen atoms in total. The standard InChI is InChI=1S/C58H60F2N9O12P/c59-58(60,82(79,80)81)39-18-21-42-37(30-39)31-44(62-42)53(74)64-45-33-67(50(72)16-10-2-1-5-11-34-17-20-41-38(29-34)32-68(56(41)77)46-24-26-49(71)65-54(46)75)28-27-40-19-23-47(69(40)57(45)78)55(76)63-43(22-25-48(61)70)52(73)66-51(35-12-6-3-7-13-35)36-14-8-4-9-15-36/h3-4,6-9,12-15,17-18,20-21,29-31,40,43,45-47,51,62H,1-2,10,16,19,22-28,32-33H2,(H2,61,70)(H,63,76)(H,64,74)(H,66,73)(H,65,71,75)(H2,79,80,81)/t40-,43+,45+,46?,47+/m1/s1. The molecule has 0 saturated carbocycles. The third kappa shape index (κ3) is 12.9. The van der Waals surface area contributed by atoms with Crippen molar-refractivity contribution in [1.82, 2.24) is 41.0 Å². The van der Waals surface area contributed by atoms with Gasteiger partial charge in [-0.3, -0.25) is 53.0 Å². The molecule has 3 fully saturated rings. The monoisotopic (exact) mass is 1140 g/mol. The van der Waals surface area contributed by atoms with Gasteiger partial charge in [0.15, 0.2) is 0 Å². The highest BCUT2D eigenvalue weighted by Gasteiger charge is 2.51. The van der Waals surface area contributed by atoms with Crippen LogP contribution in [0.25, 0.3) is 10.9 Å². The number of imide groups is 1. The SMILES string of the molecule is NC(=O)CC[C@H](NC(=O)[C@@H]1CC[C@@H]2CCN(C(=O)CCCCC#Cc3ccc4c(c3)CN(C3CCC(=O)NC3=O)C4=O)C[C@H](NC(=O)c3cc4cc(C(F)(F)P(=O)(O)O)ccc4[nH]3)C(=O)N21)C(=O)NC(c1ccccc1)c1ccccc1. The number of piperidine rings is 1. The molecule has 428 valence electrons. The van der Waals surface area contributed by atoms with Crippen LogP contribution in [0.15, 0.2) is 103 Å². The van der Waals surface area contributed by atoms with Gasteiger partial charge in [-0.2, -0.15) is 8.78 Å². The average Bonchev–Trinajstić information content (AvgIpc) is 4.12. The number of nitrogens with one attached hydrogen (secondary N) is 5. The highest BCUT2D eigenvalue weighted by Crippen LogP contribution is 2.59. The lowest BCUT2D eigenvalue weighted by Crippen LogP contribution is -2.62. The molecule has 5 atom stereocenters. The molecule has 4 aliphatic heterocycles. The van der Waals surface area contributed by atoms with E-state index in [4.69, 9.17) is 5.73 Å². The number of carbonyl (C=O) groups is 9. The third-order valence-corrected chi connectivity index (χ3v) is 16.3. The second-order valence-electron chi connectivity index (χ2n) is 20.8. The van der Waals surface area contributed by atoms with Crippen molar-refractivity contribution in [2.75, 3.05) is 13.1 Å². The summed E-state index contributed by atoms with van der Waals surface area (Å²) in [5.74, 6) is 1.00. The highest BCUT2D eigenvalue weighted by molar-refractivity contribution is 7.52. The topological polar surface area (TPSA) is 311 Å². The minimum absolute atomic E-state index is 0.00600. The number of aromatic amines is 1. The summed E-state index contributed by atoms with van der Waals surface area (Å²) in [7, 11) is -5.94. The van der Waals surface area contributed by atoms with Gasteiger partial charge in [-0.25, -0.2) is 0 Å². The van der Waals surface area contributed by atoms with E-state index >= 15 is 4.79 Å². The summed E-state index contributed by atoms with van der Waals surface area (Å²) in [5, 5.41) is 10.8. The van der Waals surface area contributed by atoms with Crippen molar-refractivity contribution in [2.24, 2.45) is 5.73 Å². The molecule has 0 aliphatic carbocycles. The fraction of sp³-hybridized carbons (Fsp3) is 0.362. The van der Waals surface area contributed by atoms with E-state index in [1.807, 2.05) is 60.7 Å². The Morgan fingerprint density at radius 3 is 2.24 bits per heavy atom. The van der Waals surface area contributed by atoms with Crippen LogP contribution in [-0.2, 0) is 50.3 Å². The molecule has 9 N–H and O–H groups in total. The lowest BCUT2D eigenvalue weighted by Gasteiger charge is -2.39. The number of nitrogens with two attached hydrogens (primary N) is 1. The molecule has 9 amide bonds. The number of H-pyrrole nitrogens is 1. The molecule has 1 unspecified atom stereocenters. The van der Waals surface area contributed by atoms with Gasteiger partial charge in [-0.15, -0.1) is 0 Å². The molecule has 0 bridgehead atoms. The Morgan fingerprint density at radius 1 is 0.841 bits per heavy atom. The minimum Gasteiger partial charge on any atom is -0.370 e. The van der Waals surface area contributed by atoms with E-state index in [1.165, 1.54) is 20.8 Å². The number of hydrogen-bond acceptors (Lipinski definition) is 10. The number of rotatable bonds is 18. The molecule has 5 heterocycles. The largest absolute Gasteiger partial charge is 0.399 e. The van der Waals surface area contributed by atoms with E-state index in [9.17, 15) is 61.5 Å². The second kappa shape index (κ2) is 24.6. The summed E-state index contributed by atoms with van der Waals surface area (Å²) >= 11 is 0. The molecule has 4 aliphatic rings. The van der Waals surface area contributed by atoms with Gasteiger partial charge in [-0.05, 0) is 98.0 Å². The zero-order valence-corrected chi connectivity index (χ0v) is 45.2. The second-order valence-corrected chi connectivity index (χ2v) is 22.5. The predicted octanol–water partition coefficient (Wildman–Crippen LogP) is 4.11. The van der Waals surface area contributed by atoms with Crippen molar-refractivity contribution in [3.8, 4) is 11.8 Å². The first kappa shape index (κ1) is 58.1. The Balaban J connectivity index is 0.895. The molecule has 3 saturated heterocycles. The van der Waals surface area contributed by atoms with Crippen molar-refractivity contribution < 1.29 is 66.3 Å². The zero-order chi connectivity index (χ0) is 58.5. The van der Waals surface area contributed by atoms with Gasteiger partial charge in [0.25, 0.3) is 11.8 Å². The lowest BCUT2D eigenvalue weighted by atomic mass is 9.98. The van der Waals surface area contributed by atoms with Crippen molar-refractivity contribution in [2.45, 2.75) is 119 Å². The Labute approximate surface area is 469 Å². The van der Waals surface area contributed by atoms with E-state index in [0.717, 1.165) is 29.3 Å². The Kier molecular flexibility index (Phi) is 17.5. The van der Waals surface area contributed by atoms with Gasteiger partial charge in [0.2, 0.25) is 41.4 Å². The molecule has 5 aromatic rings. The van der Waals surface area contributed by atoms with Crippen LogP contribution in [0.3, 0.4) is 0 Å². The van der Waals surface area contributed by atoms with E-state index in [1.54, 1.807) is 18.2 Å². The van der Waals surface area contributed by atoms with Gasteiger partial charge >= 0.3 is 13.3 Å². The van der Waals surface area contributed by atoms with E-state index < -0.39 is 90.5 Å². The van der Waals surface area contributed by atoms with E-state index in [2.05, 4.69) is 38.1 Å². The lowest BCUT2D eigenvalue weighted by molar-refractivity contribution is -0.145. The van der Waals surface area contributed by atoms with Gasteiger partial charge in [0.1, 0.15) is 29.9 Å². The van der Waals surface area contributed by atoms with Crippen LogP contribution in [0.4, 0.5) is 8.78 Å². The van der Waals surface area contributed by atoms with Crippen molar-refractivity contribution >= 4 is 71.7 Å². The summed E-state index contributed by atoms with van der Waals surface area (Å²) in [6.45, 7) is -0.0305. The molecule has 9 rings (SSSR count). The molecular formula is C58H60F2N9O12P. The number of halogens is 2. The van der Waals surface area contributed by atoms with Crippen molar-refractivity contribution in [3.63, 3.8) is 0 Å². The normalized spacial score (nSPS) is 19.5. The summed E-state index contributed by atoms with van der Waals surface area (Å²) in [4.78, 5) is 147. The summed E-state index contributed by atoms with van der Waals surface area (Å²) in [6, 6.07) is 21.4. The molecule has 0 spiro atoms. The summed E-state index contributed by atoms with van der Waals surface area (Å²) in [6.07, 6.45) is 1.96. The maximum atomic E-state index is 15.0. The number of aromatic nitrogens is 1. The zero-order valence-electron chi connectivity index (χ0n) is 44.3. The highest BCUT2D eigenvalue weighted by atomic mass is 31.2. The first-order valence-electron chi connectivity index (χ1n) is 26.9. The van der Waals surface area contributed by atoms with Gasteiger partial charge in [0, 0.05) is 79.0 Å². The number of unbranched alkanes of at least 4 members (excludes halogenated alkanes) is 2. The fourth-order valence-corrected chi connectivity index (χ4v) is 11.5. The van der Waals surface area contributed by atoms with Gasteiger partial charge in [0.05, 0.1) is 6.04 Å². The number of hydrogen-bond donors (Lipinski definition) is 8. The number of fused-ring (bicyclic) bond motifs is 3. The summed E-state index contributed by atoms with van der Waals surface area (Å²) < 4.78 is 41.1. The number of amides is 9. The number of benzene rings is 4. The van der Waals surface area contributed by atoms with Crippen LogP contribution in [0.1, 0.15) is 125 Å². The third-order valence-electron chi connectivity index (χ3n) is 15.3. The molecule has 4 aromatic carbocycles. The van der Waals surface area contributed by atoms with E-state index in [0.29, 0.717) is 42.4 Å². The van der Waals surface area contributed by atoms with Gasteiger partial charge < -0.3 is 51.2 Å². The van der Waals surface area contributed by atoms with Crippen LogP contribution in [0, 0.1) is 11.8 Å². The fourth-order valence-electron chi connectivity index (χ4n) is 11.0. The van der Waals surface area contributed by atoms with Crippen LogP contribution < -0.4 is 27.0 Å². The quantitative estimate of drug-likeness (QED) is 0.0266. The molecule has 82 heavy (non-hydrogen) atoms. The number of alkyl halides is 2. The van der Waals surface area contributed by atoms with E-state index in [-0.39, 0.29) is 98.9 Å². The van der Waals surface area contributed by atoms with Gasteiger partial charge in [-0.1, -0.05) is 78.6 Å². The smallest absolute Gasteiger partial charge is 0.370 e. The first-order valence-corrected chi connectivity index (χ1v) is 28.5. The summed E-state index contributed by atoms with van der Waals surface area (Å²) in [5.41, 5.74) is 3.21. The average molecular weight is 1140 g/mol. The number of carbonyl (C=O) groups excluding carboxylic acids is 9. The number of nitrogens with zero attached hydrogens (tertiary/aromatic N) is 3. The van der Waals surface area contributed by atoms with Crippen molar-refractivity contribution in [1.29, 1.82) is 0 Å². The maximum Gasteiger partial charge on any atom is 0.399 e. The number of primary amides is 1. The molecule has 0 radical (unpaired) electrons.